The van der Waals surface area contributed by atoms with Gasteiger partial charge < -0.3 is 10.6 Å². The van der Waals surface area contributed by atoms with E-state index in [1.807, 2.05) is 30.3 Å². The summed E-state index contributed by atoms with van der Waals surface area (Å²) in [6.07, 6.45) is 0.748. The Morgan fingerprint density at radius 2 is 1.73 bits per heavy atom. The van der Waals surface area contributed by atoms with Gasteiger partial charge in [-0.05, 0) is 42.5 Å². The first kappa shape index (κ1) is 21.8. The quantitative estimate of drug-likeness (QED) is 0.655. The highest BCUT2D eigenvalue weighted by molar-refractivity contribution is 6.30. The van der Waals surface area contributed by atoms with Crippen LogP contribution in [0.4, 0.5) is 4.79 Å². The second-order valence-electron chi connectivity index (χ2n) is 8.11. The topological polar surface area (TPSA) is 78.5 Å². The molecule has 158 valence electrons. The van der Waals surface area contributed by atoms with Gasteiger partial charge in [0.25, 0.3) is 5.91 Å². The van der Waals surface area contributed by atoms with Crippen LogP contribution in [0.2, 0.25) is 5.02 Å². The third kappa shape index (κ3) is 4.65. The number of carbonyl (C=O) groups excluding carboxylic acids is 3. The lowest BCUT2D eigenvalue weighted by Gasteiger charge is -2.24. The molecule has 0 spiro atoms. The van der Waals surface area contributed by atoms with Gasteiger partial charge in [0, 0.05) is 5.02 Å². The minimum atomic E-state index is -1.24. The fraction of sp³-hybridized carbons (Fsp3) is 0.348. The Balaban J connectivity index is 1.73. The van der Waals surface area contributed by atoms with E-state index in [9.17, 15) is 14.4 Å². The van der Waals surface area contributed by atoms with Crippen molar-refractivity contribution in [2.24, 2.45) is 5.92 Å². The van der Waals surface area contributed by atoms with Crippen LogP contribution >= 0.6 is 11.6 Å². The van der Waals surface area contributed by atoms with Gasteiger partial charge in [0.1, 0.15) is 12.1 Å². The van der Waals surface area contributed by atoms with Crippen LogP contribution in [-0.2, 0) is 15.1 Å². The molecule has 7 heteroatoms. The summed E-state index contributed by atoms with van der Waals surface area (Å²) in [7, 11) is 0. The highest BCUT2D eigenvalue weighted by Crippen LogP contribution is 2.29. The maximum Gasteiger partial charge on any atom is 0.325 e. The number of rotatable bonds is 7. The van der Waals surface area contributed by atoms with Crippen molar-refractivity contribution in [3.05, 3.63) is 70.7 Å². The third-order valence-corrected chi connectivity index (χ3v) is 5.49. The summed E-state index contributed by atoms with van der Waals surface area (Å²) in [5, 5.41) is 6.21. The molecule has 1 aliphatic rings. The molecule has 0 aromatic heterocycles. The molecule has 0 radical (unpaired) electrons. The maximum absolute atomic E-state index is 13.0. The summed E-state index contributed by atoms with van der Waals surface area (Å²) in [6.45, 7) is 5.45. The van der Waals surface area contributed by atoms with Crippen molar-refractivity contribution in [2.75, 3.05) is 6.54 Å². The van der Waals surface area contributed by atoms with Crippen LogP contribution in [0, 0.1) is 5.92 Å². The molecule has 1 aliphatic heterocycles. The minimum absolute atomic E-state index is 0.192. The Labute approximate surface area is 181 Å². The summed E-state index contributed by atoms with van der Waals surface area (Å²) in [6, 6.07) is 15.6. The Bertz CT molecular complexity index is 930. The van der Waals surface area contributed by atoms with E-state index in [2.05, 4.69) is 24.5 Å². The lowest BCUT2D eigenvalue weighted by Crippen LogP contribution is -2.44. The molecule has 3 rings (SSSR count). The molecule has 2 atom stereocenters. The summed E-state index contributed by atoms with van der Waals surface area (Å²) in [5.74, 6) is -0.487. The Morgan fingerprint density at radius 1 is 1.10 bits per heavy atom. The van der Waals surface area contributed by atoms with E-state index in [4.69, 9.17) is 11.6 Å². The smallest absolute Gasteiger partial charge is 0.325 e. The Kier molecular flexibility index (Phi) is 6.46. The van der Waals surface area contributed by atoms with Gasteiger partial charge in [0.2, 0.25) is 5.91 Å². The first-order chi connectivity index (χ1) is 14.2. The van der Waals surface area contributed by atoms with Gasteiger partial charge in [-0.3, -0.25) is 14.5 Å². The number of nitrogens with one attached hydrogen (secondary N) is 2. The Hall–Kier alpha value is -2.86. The lowest BCUT2D eigenvalue weighted by molar-refractivity contribution is -0.135. The number of halogens is 1. The van der Waals surface area contributed by atoms with Crippen molar-refractivity contribution < 1.29 is 14.4 Å². The zero-order valence-electron chi connectivity index (χ0n) is 17.3. The van der Waals surface area contributed by atoms with Crippen molar-refractivity contribution in [1.29, 1.82) is 0 Å². The van der Waals surface area contributed by atoms with E-state index in [1.54, 1.807) is 31.2 Å². The predicted molar refractivity (Wildman–Crippen MR) is 116 cm³/mol. The molecule has 1 heterocycles. The Morgan fingerprint density at radius 3 is 2.33 bits per heavy atom. The van der Waals surface area contributed by atoms with E-state index in [1.165, 1.54) is 0 Å². The zero-order valence-corrected chi connectivity index (χ0v) is 18.1. The first-order valence-electron chi connectivity index (χ1n) is 9.95. The number of amides is 4. The number of carbonyl (C=O) groups is 3. The van der Waals surface area contributed by atoms with E-state index in [0.29, 0.717) is 16.5 Å². The monoisotopic (exact) mass is 427 g/mol. The normalized spacial score (nSPS) is 19.7. The minimum Gasteiger partial charge on any atom is -0.348 e. The molecule has 1 fully saturated rings. The summed E-state index contributed by atoms with van der Waals surface area (Å²) in [4.78, 5) is 39.2. The molecule has 1 saturated heterocycles. The van der Waals surface area contributed by atoms with Crippen molar-refractivity contribution in [3.8, 4) is 0 Å². The summed E-state index contributed by atoms with van der Waals surface area (Å²) >= 11 is 5.93. The van der Waals surface area contributed by atoms with Gasteiger partial charge in [-0.25, -0.2) is 4.79 Å². The third-order valence-electron chi connectivity index (χ3n) is 5.24. The molecule has 2 aromatic rings. The molecule has 0 saturated carbocycles. The molecular weight excluding hydrogens is 402 g/mol. The standard InChI is InChI=1S/C23H26ClN3O3/c1-15(2)13-19(16-7-5-4-6-8-16)25-20(28)14-27-21(29)23(3,26-22(27)30)17-9-11-18(24)12-10-17/h4-12,15,19H,13-14H2,1-3H3,(H,25,28)(H,26,30). The predicted octanol–water partition coefficient (Wildman–Crippen LogP) is 4.01. The molecule has 0 bridgehead atoms. The van der Waals surface area contributed by atoms with Gasteiger partial charge in [0.15, 0.2) is 0 Å². The maximum atomic E-state index is 13.0. The first-order valence-corrected chi connectivity index (χ1v) is 10.3. The van der Waals surface area contributed by atoms with Gasteiger partial charge in [-0.15, -0.1) is 0 Å². The molecule has 2 N–H and O–H groups in total. The van der Waals surface area contributed by atoms with Gasteiger partial charge >= 0.3 is 6.03 Å². The number of imide groups is 1. The van der Waals surface area contributed by atoms with Crippen molar-refractivity contribution >= 4 is 29.4 Å². The van der Waals surface area contributed by atoms with Crippen LogP contribution in [0.15, 0.2) is 54.6 Å². The van der Waals surface area contributed by atoms with Gasteiger partial charge in [-0.2, -0.15) is 0 Å². The second kappa shape index (κ2) is 8.88. The van der Waals surface area contributed by atoms with Crippen LogP contribution in [0.5, 0.6) is 0 Å². The highest BCUT2D eigenvalue weighted by atomic mass is 35.5. The second-order valence-corrected chi connectivity index (χ2v) is 8.55. The van der Waals surface area contributed by atoms with E-state index in [0.717, 1.165) is 16.9 Å². The number of urea groups is 1. The van der Waals surface area contributed by atoms with Crippen LogP contribution in [0.3, 0.4) is 0 Å². The summed E-state index contributed by atoms with van der Waals surface area (Å²) in [5.41, 5.74) is 0.358. The average molecular weight is 428 g/mol. The molecular formula is C23H26ClN3O3. The SMILES string of the molecule is CC(C)CC(NC(=O)CN1C(=O)NC(C)(c2ccc(Cl)cc2)C1=O)c1ccccc1. The van der Waals surface area contributed by atoms with Crippen LogP contribution < -0.4 is 10.6 Å². The largest absolute Gasteiger partial charge is 0.348 e. The fourth-order valence-corrected chi connectivity index (χ4v) is 3.76. The number of nitrogens with zero attached hydrogens (tertiary/aromatic N) is 1. The molecule has 0 aliphatic carbocycles. The van der Waals surface area contributed by atoms with Crippen LogP contribution in [-0.4, -0.2) is 29.3 Å². The van der Waals surface area contributed by atoms with Gasteiger partial charge in [-0.1, -0.05) is 67.9 Å². The highest BCUT2D eigenvalue weighted by Gasteiger charge is 2.49. The van der Waals surface area contributed by atoms with Crippen LogP contribution in [0.1, 0.15) is 44.4 Å². The number of hydrogen-bond acceptors (Lipinski definition) is 3. The van der Waals surface area contributed by atoms with Crippen molar-refractivity contribution in [2.45, 2.75) is 38.8 Å². The van der Waals surface area contributed by atoms with E-state index < -0.39 is 17.5 Å². The molecule has 2 aromatic carbocycles. The lowest BCUT2D eigenvalue weighted by atomic mass is 9.92. The van der Waals surface area contributed by atoms with Gasteiger partial charge in [0.05, 0.1) is 6.04 Å². The molecule has 30 heavy (non-hydrogen) atoms. The van der Waals surface area contributed by atoms with Crippen LogP contribution in [0.25, 0.3) is 0 Å². The molecule has 2 unspecified atom stereocenters. The number of benzene rings is 2. The van der Waals surface area contributed by atoms with E-state index in [-0.39, 0.29) is 18.5 Å². The zero-order chi connectivity index (χ0) is 21.9. The molecule has 4 amide bonds. The molecule has 6 nitrogen and oxygen atoms in total. The average Bonchev–Trinajstić information content (AvgIpc) is 2.92. The van der Waals surface area contributed by atoms with Crippen molar-refractivity contribution in [3.63, 3.8) is 0 Å². The fourth-order valence-electron chi connectivity index (χ4n) is 3.64. The summed E-state index contributed by atoms with van der Waals surface area (Å²) < 4.78 is 0. The number of hydrogen-bond donors (Lipinski definition) is 2. The van der Waals surface area contributed by atoms with E-state index >= 15 is 0 Å². The van der Waals surface area contributed by atoms with Crippen molar-refractivity contribution in [1.82, 2.24) is 15.5 Å².